The monoisotopic (exact) mass is 336 g/mol. The van der Waals surface area contributed by atoms with Gasteiger partial charge in [0.25, 0.3) is 0 Å². The molecule has 1 aromatic heterocycles. The third-order valence-corrected chi connectivity index (χ3v) is 6.71. The molecule has 0 amide bonds. The van der Waals surface area contributed by atoms with Crippen LogP contribution in [0.2, 0.25) is 0 Å². The lowest BCUT2D eigenvalue weighted by atomic mass is 10.1. The van der Waals surface area contributed by atoms with Gasteiger partial charge in [0.1, 0.15) is 11.1 Å². The van der Waals surface area contributed by atoms with Crippen molar-refractivity contribution >= 4 is 33.9 Å². The predicted molar refractivity (Wildman–Crippen MR) is 91.0 cm³/mol. The maximum Gasteiger partial charge on any atom is 0.123 e. The lowest BCUT2D eigenvalue weighted by Crippen LogP contribution is -1.99. The van der Waals surface area contributed by atoms with Crippen molar-refractivity contribution in [1.82, 2.24) is 4.98 Å². The van der Waals surface area contributed by atoms with Gasteiger partial charge in [-0.2, -0.15) is 5.26 Å². The molecule has 0 radical (unpaired) electrons. The SMILES string of the molecule is CCCS(=O)CSc1cc(-c2nccs2)cc(C)c1C#N. The minimum atomic E-state index is -0.840. The zero-order valence-corrected chi connectivity index (χ0v) is 14.4. The van der Waals surface area contributed by atoms with Gasteiger partial charge in [-0.25, -0.2) is 4.98 Å². The summed E-state index contributed by atoms with van der Waals surface area (Å²) >= 11 is 3.08. The molecule has 0 fully saturated rings. The molecule has 2 rings (SSSR count). The van der Waals surface area contributed by atoms with Crippen molar-refractivity contribution in [3.63, 3.8) is 0 Å². The summed E-state index contributed by atoms with van der Waals surface area (Å²) in [5.74, 6) is 0.708. The molecular weight excluding hydrogens is 320 g/mol. The van der Waals surface area contributed by atoms with Crippen molar-refractivity contribution in [2.75, 3.05) is 10.8 Å². The second-order valence-corrected chi connectivity index (χ2v) is 8.38. The first-order valence-electron chi connectivity index (χ1n) is 6.58. The number of thiazole rings is 1. The number of benzene rings is 1. The largest absolute Gasteiger partial charge is 0.259 e. The molecule has 1 aromatic carbocycles. The topological polar surface area (TPSA) is 53.8 Å². The Morgan fingerprint density at radius 2 is 2.29 bits per heavy atom. The van der Waals surface area contributed by atoms with E-state index in [0.717, 1.165) is 27.5 Å². The third-order valence-electron chi connectivity index (χ3n) is 2.87. The van der Waals surface area contributed by atoms with Gasteiger partial charge in [-0.3, -0.25) is 4.21 Å². The summed E-state index contributed by atoms with van der Waals surface area (Å²) in [6.45, 7) is 3.96. The van der Waals surface area contributed by atoms with Gasteiger partial charge in [-0.15, -0.1) is 23.1 Å². The van der Waals surface area contributed by atoms with Crippen LogP contribution in [-0.4, -0.2) is 20.0 Å². The molecule has 21 heavy (non-hydrogen) atoms. The van der Waals surface area contributed by atoms with E-state index in [1.54, 1.807) is 17.5 Å². The Hall–Kier alpha value is -1.16. The highest BCUT2D eigenvalue weighted by molar-refractivity contribution is 8.10. The molecule has 1 atom stereocenters. The van der Waals surface area contributed by atoms with Crippen LogP contribution in [0.15, 0.2) is 28.6 Å². The molecule has 0 N–H and O–H groups in total. The van der Waals surface area contributed by atoms with Crippen molar-refractivity contribution in [2.24, 2.45) is 0 Å². The normalized spacial score (nSPS) is 12.0. The minimum absolute atomic E-state index is 0.531. The maximum absolute atomic E-state index is 11.8. The van der Waals surface area contributed by atoms with Gasteiger partial charge < -0.3 is 0 Å². The molecule has 0 saturated carbocycles. The highest BCUT2D eigenvalue weighted by atomic mass is 32.2. The van der Waals surface area contributed by atoms with Gasteiger partial charge in [-0.1, -0.05) is 6.92 Å². The minimum Gasteiger partial charge on any atom is -0.259 e. The van der Waals surface area contributed by atoms with Gasteiger partial charge in [0.2, 0.25) is 0 Å². The Bertz CT molecular complexity index is 675. The summed E-state index contributed by atoms with van der Waals surface area (Å²) in [5.41, 5.74) is 2.63. The number of aromatic nitrogens is 1. The first-order valence-corrected chi connectivity index (χ1v) is 9.93. The van der Waals surface area contributed by atoms with Crippen LogP contribution in [0.5, 0.6) is 0 Å². The zero-order valence-electron chi connectivity index (χ0n) is 12.0. The second kappa shape index (κ2) is 7.74. The summed E-state index contributed by atoms with van der Waals surface area (Å²) in [5, 5.41) is 12.7. The van der Waals surface area contributed by atoms with E-state index in [1.165, 1.54) is 11.8 Å². The molecule has 0 aliphatic rings. The Morgan fingerprint density at radius 3 is 2.90 bits per heavy atom. The number of hydrogen-bond acceptors (Lipinski definition) is 5. The van der Waals surface area contributed by atoms with Gasteiger partial charge in [0.05, 0.1) is 10.6 Å². The van der Waals surface area contributed by atoms with Crippen LogP contribution >= 0.6 is 23.1 Å². The molecule has 0 aliphatic carbocycles. The van der Waals surface area contributed by atoms with Gasteiger partial charge in [0.15, 0.2) is 0 Å². The van der Waals surface area contributed by atoms with Gasteiger partial charge in [-0.05, 0) is 31.0 Å². The summed E-state index contributed by atoms with van der Waals surface area (Å²) in [6.07, 6.45) is 2.69. The van der Waals surface area contributed by atoms with Gasteiger partial charge >= 0.3 is 0 Å². The van der Waals surface area contributed by atoms with E-state index >= 15 is 0 Å². The number of nitrogens with zero attached hydrogens (tertiary/aromatic N) is 2. The van der Waals surface area contributed by atoms with E-state index < -0.39 is 10.8 Å². The lowest BCUT2D eigenvalue weighted by molar-refractivity contribution is 0.685. The Balaban J connectivity index is 2.30. The van der Waals surface area contributed by atoms with Crippen LogP contribution in [0.1, 0.15) is 24.5 Å². The van der Waals surface area contributed by atoms with Crippen LogP contribution in [-0.2, 0) is 10.8 Å². The van der Waals surface area contributed by atoms with Crippen molar-refractivity contribution in [1.29, 1.82) is 5.26 Å². The van der Waals surface area contributed by atoms with E-state index in [9.17, 15) is 9.47 Å². The van der Waals surface area contributed by atoms with E-state index in [-0.39, 0.29) is 0 Å². The Kier molecular flexibility index (Phi) is 5.97. The lowest BCUT2D eigenvalue weighted by Gasteiger charge is -2.09. The standard InChI is InChI=1S/C15H16N2OS3/c1-3-6-21(18)10-20-14-8-12(15-17-4-5-19-15)7-11(2)13(14)9-16/h4-5,7-8H,3,6,10H2,1-2H3. The van der Waals surface area contributed by atoms with Crippen LogP contribution in [0, 0.1) is 18.3 Å². The highest BCUT2D eigenvalue weighted by Gasteiger charge is 2.12. The fourth-order valence-corrected chi connectivity index (χ4v) is 5.07. The van der Waals surface area contributed by atoms with Gasteiger partial charge in [0, 0.05) is 38.6 Å². The summed E-state index contributed by atoms with van der Waals surface area (Å²) in [4.78, 5) is 5.21. The number of hydrogen-bond donors (Lipinski definition) is 0. The van der Waals surface area contributed by atoms with E-state index in [2.05, 4.69) is 11.1 Å². The van der Waals surface area contributed by atoms with E-state index in [4.69, 9.17) is 0 Å². The van der Waals surface area contributed by atoms with E-state index in [0.29, 0.717) is 16.4 Å². The van der Waals surface area contributed by atoms with Crippen molar-refractivity contribution in [2.45, 2.75) is 25.2 Å². The highest BCUT2D eigenvalue weighted by Crippen LogP contribution is 2.32. The molecule has 1 unspecified atom stereocenters. The van der Waals surface area contributed by atoms with Crippen LogP contribution < -0.4 is 0 Å². The summed E-state index contributed by atoms with van der Waals surface area (Å²) < 4.78 is 11.8. The molecule has 6 heteroatoms. The van der Waals surface area contributed by atoms with E-state index in [1.807, 2.05) is 31.4 Å². The molecule has 0 aliphatic heterocycles. The quantitative estimate of drug-likeness (QED) is 0.742. The van der Waals surface area contributed by atoms with Crippen molar-refractivity contribution in [3.8, 4) is 16.6 Å². The first-order chi connectivity index (χ1) is 10.2. The molecule has 0 saturated heterocycles. The number of aryl methyl sites for hydroxylation is 1. The molecule has 0 spiro atoms. The Labute approximate surface area is 135 Å². The smallest absolute Gasteiger partial charge is 0.123 e. The molecule has 2 aromatic rings. The molecule has 3 nitrogen and oxygen atoms in total. The molecule has 110 valence electrons. The summed E-state index contributed by atoms with van der Waals surface area (Å²) in [7, 11) is -0.840. The Morgan fingerprint density at radius 1 is 1.48 bits per heavy atom. The number of thioether (sulfide) groups is 1. The number of nitriles is 1. The third kappa shape index (κ3) is 4.16. The summed E-state index contributed by atoms with van der Waals surface area (Å²) in [6, 6.07) is 6.23. The average Bonchev–Trinajstić information content (AvgIpc) is 2.99. The second-order valence-electron chi connectivity index (χ2n) is 4.52. The molecule has 1 heterocycles. The molecule has 0 bridgehead atoms. The zero-order chi connectivity index (χ0) is 15.2. The van der Waals surface area contributed by atoms with Crippen LogP contribution in [0.25, 0.3) is 10.6 Å². The van der Waals surface area contributed by atoms with Crippen LogP contribution in [0.3, 0.4) is 0 Å². The van der Waals surface area contributed by atoms with Crippen molar-refractivity contribution in [3.05, 3.63) is 34.8 Å². The fraction of sp³-hybridized carbons (Fsp3) is 0.333. The average molecular weight is 337 g/mol. The molecular formula is C15H16N2OS3. The maximum atomic E-state index is 11.8. The first kappa shape index (κ1) is 16.2. The number of rotatable bonds is 6. The van der Waals surface area contributed by atoms with Crippen molar-refractivity contribution < 1.29 is 4.21 Å². The predicted octanol–water partition coefficient (Wildman–Crippen LogP) is 4.20. The fourth-order valence-electron chi connectivity index (χ4n) is 1.92. The van der Waals surface area contributed by atoms with Crippen LogP contribution in [0.4, 0.5) is 0 Å².